The van der Waals surface area contributed by atoms with Crippen LogP contribution in [-0.2, 0) is 0 Å². The number of rotatable bonds is 6. The van der Waals surface area contributed by atoms with E-state index >= 15 is 0 Å². The minimum absolute atomic E-state index is 0. The van der Waals surface area contributed by atoms with Crippen LogP contribution in [0.4, 0.5) is 0 Å². The fraction of sp³-hybridized carbons (Fsp3) is 0.286. The Balaban J connectivity index is 0.00000208. The summed E-state index contributed by atoms with van der Waals surface area (Å²) in [5, 5.41) is 4.83. The van der Waals surface area contributed by atoms with Crippen LogP contribution in [0.1, 0.15) is 30.6 Å². The molecule has 0 aliphatic carbocycles. The summed E-state index contributed by atoms with van der Waals surface area (Å²) in [4.78, 5) is 14.7. The Morgan fingerprint density at radius 3 is 2.29 bits per heavy atom. The van der Waals surface area contributed by atoms with Crippen LogP contribution in [0.2, 0.25) is 0 Å². The molecule has 126 valence electrons. The molecular formula is C21H24ClNO. The van der Waals surface area contributed by atoms with E-state index in [2.05, 4.69) is 61.2 Å². The predicted octanol–water partition coefficient (Wildman–Crippen LogP) is 5.33. The zero-order valence-electron chi connectivity index (χ0n) is 14.3. The van der Waals surface area contributed by atoms with Crippen molar-refractivity contribution in [2.45, 2.75) is 20.3 Å². The van der Waals surface area contributed by atoms with Crippen molar-refractivity contribution >= 4 is 39.7 Å². The van der Waals surface area contributed by atoms with E-state index in [4.69, 9.17) is 0 Å². The molecule has 24 heavy (non-hydrogen) atoms. The second-order valence-electron chi connectivity index (χ2n) is 5.92. The molecule has 3 aromatic carbocycles. The maximum Gasteiger partial charge on any atom is 0.164 e. The predicted molar refractivity (Wildman–Crippen MR) is 105 cm³/mol. The van der Waals surface area contributed by atoms with Gasteiger partial charge in [-0.1, -0.05) is 62.4 Å². The molecule has 0 fully saturated rings. The van der Waals surface area contributed by atoms with Gasteiger partial charge in [-0.15, -0.1) is 12.4 Å². The zero-order chi connectivity index (χ0) is 16.2. The van der Waals surface area contributed by atoms with Gasteiger partial charge in [0, 0.05) is 18.5 Å². The van der Waals surface area contributed by atoms with E-state index in [1.807, 2.05) is 12.1 Å². The number of hydrogen-bond acceptors (Lipinski definition) is 2. The van der Waals surface area contributed by atoms with E-state index < -0.39 is 0 Å². The third kappa shape index (κ3) is 3.77. The van der Waals surface area contributed by atoms with Gasteiger partial charge < -0.3 is 4.90 Å². The molecule has 0 unspecified atom stereocenters. The smallest absolute Gasteiger partial charge is 0.164 e. The van der Waals surface area contributed by atoms with E-state index in [0.29, 0.717) is 6.42 Å². The van der Waals surface area contributed by atoms with Gasteiger partial charge in [0.05, 0.1) is 0 Å². The first kappa shape index (κ1) is 18.4. The number of Topliss-reactive ketones (excluding diaryl/α,β-unsaturated/α-hetero) is 1. The monoisotopic (exact) mass is 341 g/mol. The lowest BCUT2D eigenvalue weighted by Gasteiger charge is -2.17. The summed E-state index contributed by atoms with van der Waals surface area (Å²) < 4.78 is 0. The van der Waals surface area contributed by atoms with Gasteiger partial charge in [0.2, 0.25) is 0 Å². The Morgan fingerprint density at radius 1 is 0.875 bits per heavy atom. The van der Waals surface area contributed by atoms with Crippen molar-refractivity contribution in [3.05, 3.63) is 60.2 Å². The third-order valence-electron chi connectivity index (χ3n) is 4.62. The van der Waals surface area contributed by atoms with Crippen LogP contribution in [-0.4, -0.2) is 30.3 Å². The van der Waals surface area contributed by atoms with Gasteiger partial charge in [-0.3, -0.25) is 4.79 Å². The minimum Gasteiger partial charge on any atom is -0.303 e. The summed E-state index contributed by atoms with van der Waals surface area (Å²) in [5.74, 6) is 0.229. The number of nitrogens with zero attached hydrogens (tertiary/aromatic N) is 1. The molecule has 0 aromatic heterocycles. The quantitative estimate of drug-likeness (QED) is 0.446. The summed E-state index contributed by atoms with van der Waals surface area (Å²) in [7, 11) is 0. The standard InChI is InChI=1S/C21H23NO.ClH/c1-3-22(4-2)14-13-21(23)18-11-12-20-17(15-18)10-9-16-7-5-6-8-19(16)20;/h5-12,15H,3-4,13-14H2,1-2H3;1H. The third-order valence-corrected chi connectivity index (χ3v) is 4.62. The Bertz CT molecular complexity index is 839. The molecule has 0 atom stereocenters. The average Bonchev–Trinajstić information content (AvgIpc) is 2.61. The maximum absolute atomic E-state index is 12.5. The molecule has 0 amide bonds. The van der Waals surface area contributed by atoms with Crippen molar-refractivity contribution in [3.8, 4) is 0 Å². The highest BCUT2D eigenvalue weighted by molar-refractivity contribution is 6.09. The van der Waals surface area contributed by atoms with E-state index in [9.17, 15) is 4.79 Å². The molecule has 0 N–H and O–H groups in total. The first-order valence-corrected chi connectivity index (χ1v) is 8.40. The second kappa shape index (κ2) is 8.27. The van der Waals surface area contributed by atoms with Crippen molar-refractivity contribution in [2.24, 2.45) is 0 Å². The fourth-order valence-corrected chi connectivity index (χ4v) is 3.13. The van der Waals surface area contributed by atoms with Crippen LogP contribution in [0.3, 0.4) is 0 Å². The Hall–Kier alpha value is -1.90. The Labute approximate surface area is 149 Å². The number of benzene rings is 3. The zero-order valence-corrected chi connectivity index (χ0v) is 15.1. The number of hydrogen-bond donors (Lipinski definition) is 0. The molecule has 2 nitrogen and oxygen atoms in total. The topological polar surface area (TPSA) is 20.3 Å². The summed E-state index contributed by atoms with van der Waals surface area (Å²) in [6, 6.07) is 18.7. The van der Waals surface area contributed by atoms with Crippen LogP contribution in [0.5, 0.6) is 0 Å². The normalized spacial score (nSPS) is 11.0. The lowest BCUT2D eigenvalue weighted by atomic mass is 9.98. The molecule has 0 aliphatic rings. The molecule has 3 aromatic rings. The number of carbonyl (C=O) groups excluding carboxylic acids is 1. The Kier molecular flexibility index (Phi) is 6.36. The van der Waals surface area contributed by atoms with Gasteiger partial charge in [0.25, 0.3) is 0 Å². The van der Waals surface area contributed by atoms with Crippen molar-refractivity contribution in [1.82, 2.24) is 4.90 Å². The summed E-state index contributed by atoms with van der Waals surface area (Å²) in [5.41, 5.74) is 0.819. The van der Waals surface area contributed by atoms with Gasteiger partial charge in [-0.05, 0) is 40.7 Å². The van der Waals surface area contributed by atoms with E-state index in [0.717, 1.165) is 30.6 Å². The average molecular weight is 342 g/mol. The number of carbonyl (C=O) groups is 1. The van der Waals surface area contributed by atoms with Gasteiger partial charge in [0.15, 0.2) is 5.78 Å². The van der Waals surface area contributed by atoms with E-state index in [1.54, 1.807) is 0 Å². The highest BCUT2D eigenvalue weighted by atomic mass is 35.5. The first-order chi connectivity index (χ1) is 11.2. The maximum atomic E-state index is 12.5. The van der Waals surface area contributed by atoms with Gasteiger partial charge >= 0.3 is 0 Å². The van der Waals surface area contributed by atoms with Crippen LogP contribution in [0, 0.1) is 0 Å². The second-order valence-corrected chi connectivity index (χ2v) is 5.92. The fourth-order valence-electron chi connectivity index (χ4n) is 3.13. The highest BCUT2D eigenvalue weighted by Crippen LogP contribution is 2.26. The first-order valence-electron chi connectivity index (χ1n) is 8.40. The van der Waals surface area contributed by atoms with Crippen molar-refractivity contribution in [1.29, 1.82) is 0 Å². The number of fused-ring (bicyclic) bond motifs is 3. The van der Waals surface area contributed by atoms with Crippen LogP contribution < -0.4 is 0 Å². The molecule has 0 aliphatic heterocycles. The SMILES string of the molecule is CCN(CC)CCC(=O)c1ccc2c(ccc3ccccc32)c1.Cl. The van der Waals surface area contributed by atoms with Gasteiger partial charge in [-0.25, -0.2) is 0 Å². The Morgan fingerprint density at radius 2 is 1.54 bits per heavy atom. The molecule has 0 bridgehead atoms. The molecule has 3 heteroatoms. The largest absolute Gasteiger partial charge is 0.303 e. The summed E-state index contributed by atoms with van der Waals surface area (Å²) >= 11 is 0. The molecule has 0 spiro atoms. The molecular weight excluding hydrogens is 318 g/mol. The summed E-state index contributed by atoms with van der Waals surface area (Å²) in [6.45, 7) is 7.09. The lowest BCUT2D eigenvalue weighted by molar-refractivity contribution is 0.0966. The lowest BCUT2D eigenvalue weighted by Crippen LogP contribution is -2.25. The van der Waals surface area contributed by atoms with Crippen molar-refractivity contribution < 1.29 is 4.79 Å². The molecule has 0 radical (unpaired) electrons. The van der Waals surface area contributed by atoms with E-state index in [1.165, 1.54) is 16.2 Å². The van der Waals surface area contributed by atoms with Gasteiger partial charge in [-0.2, -0.15) is 0 Å². The number of ketones is 1. The molecule has 0 saturated heterocycles. The van der Waals surface area contributed by atoms with Gasteiger partial charge in [0.1, 0.15) is 0 Å². The number of halogens is 1. The van der Waals surface area contributed by atoms with Crippen LogP contribution in [0.25, 0.3) is 21.5 Å². The van der Waals surface area contributed by atoms with E-state index in [-0.39, 0.29) is 18.2 Å². The molecule has 0 heterocycles. The van der Waals surface area contributed by atoms with Crippen LogP contribution >= 0.6 is 12.4 Å². The molecule has 3 rings (SSSR count). The minimum atomic E-state index is 0. The molecule has 0 saturated carbocycles. The summed E-state index contributed by atoms with van der Waals surface area (Å²) in [6.07, 6.45) is 0.584. The van der Waals surface area contributed by atoms with Crippen molar-refractivity contribution in [3.63, 3.8) is 0 Å². The van der Waals surface area contributed by atoms with Crippen LogP contribution in [0.15, 0.2) is 54.6 Å². The van der Waals surface area contributed by atoms with Crippen molar-refractivity contribution in [2.75, 3.05) is 19.6 Å². The highest BCUT2D eigenvalue weighted by Gasteiger charge is 2.09.